The van der Waals surface area contributed by atoms with Gasteiger partial charge in [0.25, 0.3) is 0 Å². The predicted molar refractivity (Wildman–Crippen MR) is 107 cm³/mol. The summed E-state index contributed by atoms with van der Waals surface area (Å²) in [4.78, 5) is 4.71. The Morgan fingerprint density at radius 3 is 2.28 bits per heavy atom. The van der Waals surface area contributed by atoms with Gasteiger partial charge in [0.05, 0.1) is 5.52 Å². The van der Waals surface area contributed by atoms with Crippen molar-refractivity contribution in [2.75, 3.05) is 0 Å². The zero-order chi connectivity index (χ0) is 17.6. The van der Waals surface area contributed by atoms with E-state index in [4.69, 9.17) is 4.98 Å². The van der Waals surface area contributed by atoms with Crippen molar-refractivity contribution in [3.05, 3.63) is 71.9 Å². The third kappa shape index (κ3) is 2.62. The summed E-state index contributed by atoms with van der Waals surface area (Å²) in [6, 6.07) is 19.8. The summed E-state index contributed by atoms with van der Waals surface area (Å²) in [7, 11) is 0. The van der Waals surface area contributed by atoms with Crippen LogP contribution in [0.2, 0.25) is 0 Å². The monoisotopic (exact) mass is 328 g/mol. The van der Waals surface area contributed by atoms with Gasteiger partial charge in [0.1, 0.15) is 5.65 Å². The summed E-state index contributed by atoms with van der Waals surface area (Å²) in [5, 5.41) is 2.50. The van der Waals surface area contributed by atoms with Crippen LogP contribution in [0.1, 0.15) is 50.7 Å². The van der Waals surface area contributed by atoms with Crippen LogP contribution in [-0.4, -0.2) is 9.55 Å². The molecule has 0 unspecified atom stereocenters. The van der Waals surface area contributed by atoms with Crippen molar-refractivity contribution in [3.63, 3.8) is 0 Å². The smallest absolute Gasteiger partial charge is 0.145 e. The van der Waals surface area contributed by atoms with Gasteiger partial charge in [-0.1, -0.05) is 45.9 Å². The molecule has 2 nitrogen and oxygen atoms in total. The molecule has 0 aliphatic rings. The van der Waals surface area contributed by atoms with Crippen LogP contribution >= 0.6 is 0 Å². The average molecular weight is 328 g/mol. The molecule has 0 spiro atoms. The molecule has 2 heteroatoms. The van der Waals surface area contributed by atoms with Crippen LogP contribution in [0, 0.1) is 0 Å². The maximum Gasteiger partial charge on any atom is 0.145 e. The van der Waals surface area contributed by atoms with Crippen molar-refractivity contribution in [3.8, 4) is 5.69 Å². The Kier molecular flexibility index (Phi) is 3.84. The van der Waals surface area contributed by atoms with E-state index in [0.717, 1.165) is 5.65 Å². The summed E-state index contributed by atoms with van der Waals surface area (Å²) >= 11 is 0. The zero-order valence-electron chi connectivity index (χ0n) is 15.3. The first-order chi connectivity index (χ1) is 12.1. The van der Waals surface area contributed by atoms with Crippen LogP contribution in [-0.2, 0) is 0 Å². The highest BCUT2D eigenvalue weighted by Crippen LogP contribution is 2.33. The molecule has 25 heavy (non-hydrogen) atoms. The fourth-order valence-electron chi connectivity index (χ4n) is 3.51. The van der Waals surface area contributed by atoms with E-state index in [-0.39, 0.29) is 0 Å². The van der Waals surface area contributed by atoms with Crippen molar-refractivity contribution < 1.29 is 0 Å². The van der Waals surface area contributed by atoms with Crippen molar-refractivity contribution in [1.29, 1.82) is 0 Å². The number of rotatable bonds is 3. The van der Waals surface area contributed by atoms with Crippen LogP contribution in [0.4, 0.5) is 0 Å². The quantitative estimate of drug-likeness (QED) is 0.424. The molecular formula is C23H24N2. The Bertz CT molecular complexity index is 1050. The second-order valence-electron chi connectivity index (χ2n) is 7.39. The molecule has 0 atom stereocenters. The van der Waals surface area contributed by atoms with E-state index in [1.54, 1.807) is 0 Å². The number of benzene rings is 2. The summed E-state index contributed by atoms with van der Waals surface area (Å²) in [6.45, 7) is 8.95. The molecule has 2 aromatic heterocycles. The van der Waals surface area contributed by atoms with Crippen LogP contribution < -0.4 is 0 Å². The molecule has 0 saturated heterocycles. The minimum atomic E-state index is 0.508. The lowest BCUT2D eigenvalue weighted by atomic mass is 10.0. The molecule has 4 rings (SSSR count). The van der Waals surface area contributed by atoms with Gasteiger partial charge in [0.2, 0.25) is 0 Å². The molecule has 0 fully saturated rings. The van der Waals surface area contributed by atoms with E-state index in [1.807, 2.05) is 12.3 Å². The van der Waals surface area contributed by atoms with E-state index < -0.39 is 0 Å². The number of fused-ring (bicyclic) bond motifs is 3. The first-order valence-corrected chi connectivity index (χ1v) is 9.05. The van der Waals surface area contributed by atoms with Crippen molar-refractivity contribution in [2.45, 2.75) is 39.5 Å². The van der Waals surface area contributed by atoms with Gasteiger partial charge in [-0.15, -0.1) is 0 Å². The van der Waals surface area contributed by atoms with Gasteiger partial charge in [0, 0.05) is 22.7 Å². The zero-order valence-corrected chi connectivity index (χ0v) is 15.3. The Hall–Kier alpha value is -2.61. The predicted octanol–water partition coefficient (Wildman–Crippen LogP) is 6.43. The van der Waals surface area contributed by atoms with Gasteiger partial charge in [-0.2, -0.15) is 0 Å². The first-order valence-electron chi connectivity index (χ1n) is 9.05. The molecule has 0 N–H and O–H groups in total. The Morgan fingerprint density at radius 1 is 0.760 bits per heavy atom. The highest BCUT2D eigenvalue weighted by Gasteiger charge is 2.14. The minimum Gasteiger partial charge on any atom is -0.294 e. The minimum absolute atomic E-state index is 0.508. The maximum atomic E-state index is 4.71. The summed E-state index contributed by atoms with van der Waals surface area (Å²) < 4.78 is 2.29. The molecule has 2 aromatic carbocycles. The fraction of sp³-hybridized carbons (Fsp3) is 0.261. The Labute approximate surface area is 149 Å². The van der Waals surface area contributed by atoms with Gasteiger partial charge >= 0.3 is 0 Å². The van der Waals surface area contributed by atoms with Crippen LogP contribution in [0.15, 0.2) is 60.8 Å². The molecule has 0 amide bonds. The third-order valence-electron chi connectivity index (χ3n) is 5.01. The van der Waals surface area contributed by atoms with Crippen molar-refractivity contribution in [2.24, 2.45) is 0 Å². The highest BCUT2D eigenvalue weighted by atomic mass is 15.0. The second-order valence-corrected chi connectivity index (χ2v) is 7.39. The van der Waals surface area contributed by atoms with E-state index in [9.17, 15) is 0 Å². The third-order valence-corrected chi connectivity index (χ3v) is 5.01. The summed E-state index contributed by atoms with van der Waals surface area (Å²) in [5.41, 5.74) is 6.15. The molecule has 2 heterocycles. The van der Waals surface area contributed by atoms with Crippen molar-refractivity contribution >= 4 is 21.9 Å². The van der Waals surface area contributed by atoms with Gasteiger partial charge < -0.3 is 0 Å². The summed E-state index contributed by atoms with van der Waals surface area (Å²) in [5.74, 6) is 1.03. The number of nitrogens with zero attached hydrogens (tertiary/aromatic N) is 2. The lowest BCUT2D eigenvalue weighted by Gasteiger charge is -2.11. The molecule has 126 valence electrons. The van der Waals surface area contributed by atoms with E-state index in [2.05, 4.69) is 80.8 Å². The fourth-order valence-corrected chi connectivity index (χ4v) is 3.51. The van der Waals surface area contributed by atoms with Gasteiger partial charge in [-0.25, -0.2) is 4.98 Å². The van der Waals surface area contributed by atoms with E-state index in [1.165, 1.54) is 33.1 Å². The first kappa shape index (κ1) is 15.9. The van der Waals surface area contributed by atoms with Crippen molar-refractivity contribution in [1.82, 2.24) is 9.55 Å². The maximum absolute atomic E-state index is 4.71. The summed E-state index contributed by atoms with van der Waals surface area (Å²) in [6.07, 6.45) is 1.88. The molecule has 4 aromatic rings. The molecule has 0 radical (unpaired) electrons. The molecular weight excluding hydrogens is 304 g/mol. The van der Waals surface area contributed by atoms with Crippen LogP contribution in [0.25, 0.3) is 27.6 Å². The van der Waals surface area contributed by atoms with Gasteiger partial charge in [-0.3, -0.25) is 4.57 Å². The lowest BCUT2D eigenvalue weighted by molar-refractivity contribution is 0.864. The lowest BCUT2D eigenvalue weighted by Crippen LogP contribution is -1.97. The molecule has 0 aliphatic heterocycles. The average Bonchev–Trinajstić information content (AvgIpc) is 2.95. The standard InChI is InChI=1S/C23H24N2/c1-15(2)17-7-5-8-19(13-17)25-22-11-10-18(16(3)4)14-21(22)20-9-6-12-24-23(20)25/h5-16H,1-4H3. The normalized spacial score (nSPS) is 11.9. The topological polar surface area (TPSA) is 17.8 Å². The molecule has 0 saturated carbocycles. The Morgan fingerprint density at radius 2 is 1.52 bits per heavy atom. The molecule has 0 bridgehead atoms. The van der Waals surface area contributed by atoms with E-state index in [0.29, 0.717) is 11.8 Å². The highest BCUT2D eigenvalue weighted by molar-refractivity contribution is 6.08. The number of aromatic nitrogens is 2. The number of hydrogen-bond acceptors (Lipinski definition) is 1. The SMILES string of the molecule is CC(C)c1cccc(-n2c3ccc(C(C)C)cc3c3cccnc32)c1. The van der Waals surface area contributed by atoms with E-state index >= 15 is 0 Å². The second kappa shape index (κ2) is 6.03. The van der Waals surface area contributed by atoms with Gasteiger partial charge in [0.15, 0.2) is 0 Å². The molecule has 0 aliphatic carbocycles. The Balaban J connectivity index is 2.07. The largest absolute Gasteiger partial charge is 0.294 e. The van der Waals surface area contributed by atoms with Gasteiger partial charge in [-0.05, 0) is 59.4 Å². The van der Waals surface area contributed by atoms with Crippen LogP contribution in [0.3, 0.4) is 0 Å². The van der Waals surface area contributed by atoms with Crippen LogP contribution in [0.5, 0.6) is 0 Å². The number of pyridine rings is 1. The number of hydrogen-bond donors (Lipinski definition) is 0.